The van der Waals surface area contributed by atoms with E-state index in [1.54, 1.807) is 0 Å². The van der Waals surface area contributed by atoms with E-state index < -0.39 is 0 Å². The Balaban J connectivity index is 1.98. The van der Waals surface area contributed by atoms with Crippen LogP contribution in [0.3, 0.4) is 0 Å². The summed E-state index contributed by atoms with van der Waals surface area (Å²) in [6.07, 6.45) is 6.59. The van der Waals surface area contributed by atoms with Gasteiger partial charge in [0.2, 0.25) is 5.91 Å². The van der Waals surface area contributed by atoms with Gasteiger partial charge in [0, 0.05) is 19.0 Å². The molecule has 0 aliphatic heterocycles. The number of benzene rings is 1. The minimum atomic E-state index is 0.317. The lowest BCUT2D eigenvalue weighted by Gasteiger charge is -2.21. The van der Waals surface area contributed by atoms with Gasteiger partial charge in [-0.3, -0.25) is 4.79 Å². The SMILES string of the molecule is CCCCN(CC=C(C)c1ccccc1)C(=O)C1CC1. The average molecular weight is 271 g/mol. The second-order valence-electron chi connectivity index (χ2n) is 5.67. The highest BCUT2D eigenvalue weighted by Gasteiger charge is 2.32. The lowest BCUT2D eigenvalue weighted by atomic mass is 10.1. The van der Waals surface area contributed by atoms with Crippen LogP contribution in [0.25, 0.3) is 5.57 Å². The zero-order valence-electron chi connectivity index (χ0n) is 12.6. The predicted octanol–water partition coefficient (Wildman–Crippen LogP) is 4.13. The fraction of sp³-hybridized carbons (Fsp3) is 0.500. The van der Waals surface area contributed by atoms with Crippen LogP contribution in [0.4, 0.5) is 0 Å². The van der Waals surface area contributed by atoms with Gasteiger partial charge in [-0.1, -0.05) is 49.8 Å². The molecule has 0 N–H and O–H groups in total. The van der Waals surface area contributed by atoms with E-state index in [2.05, 4.69) is 44.2 Å². The van der Waals surface area contributed by atoms with Crippen LogP contribution in [0.2, 0.25) is 0 Å². The number of rotatable bonds is 7. The third-order valence-electron chi connectivity index (χ3n) is 3.87. The molecule has 20 heavy (non-hydrogen) atoms. The van der Waals surface area contributed by atoms with Gasteiger partial charge in [-0.15, -0.1) is 0 Å². The molecule has 1 aliphatic rings. The van der Waals surface area contributed by atoms with Gasteiger partial charge < -0.3 is 4.90 Å². The largest absolute Gasteiger partial charge is 0.339 e. The van der Waals surface area contributed by atoms with E-state index in [-0.39, 0.29) is 0 Å². The Labute approximate surface area is 122 Å². The molecule has 108 valence electrons. The van der Waals surface area contributed by atoms with Crippen molar-refractivity contribution in [3.63, 3.8) is 0 Å². The summed E-state index contributed by atoms with van der Waals surface area (Å²) in [6.45, 7) is 5.93. The van der Waals surface area contributed by atoms with Crippen molar-refractivity contribution in [1.82, 2.24) is 4.90 Å². The highest BCUT2D eigenvalue weighted by molar-refractivity contribution is 5.81. The molecule has 0 spiro atoms. The summed E-state index contributed by atoms with van der Waals surface area (Å²) in [4.78, 5) is 14.3. The lowest BCUT2D eigenvalue weighted by molar-refractivity contribution is -0.132. The zero-order valence-corrected chi connectivity index (χ0v) is 12.6. The summed E-state index contributed by atoms with van der Waals surface area (Å²) in [5.74, 6) is 0.674. The monoisotopic (exact) mass is 271 g/mol. The molecule has 0 heterocycles. The Bertz CT molecular complexity index is 460. The number of hydrogen-bond acceptors (Lipinski definition) is 1. The smallest absolute Gasteiger partial charge is 0.225 e. The quantitative estimate of drug-likeness (QED) is 0.730. The van der Waals surface area contributed by atoms with Gasteiger partial charge in [0.1, 0.15) is 0 Å². The Morgan fingerprint density at radius 2 is 2.00 bits per heavy atom. The average Bonchev–Trinajstić information content (AvgIpc) is 3.32. The normalized spacial score (nSPS) is 15.2. The fourth-order valence-electron chi connectivity index (χ4n) is 2.29. The summed E-state index contributed by atoms with van der Waals surface area (Å²) in [5.41, 5.74) is 2.48. The first-order valence-electron chi connectivity index (χ1n) is 7.73. The van der Waals surface area contributed by atoms with Gasteiger partial charge in [0.25, 0.3) is 0 Å². The minimum absolute atomic E-state index is 0.317. The topological polar surface area (TPSA) is 20.3 Å². The second-order valence-corrected chi connectivity index (χ2v) is 5.67. The van der Waals surface area contributed by atoms with Crippen LogP contribution in [0, 0.1) is 5.92 Å². The van der Waals surface area contributed by atoms with E-state index in [0.717, 1.165) is 38.8 Å². The second kappa shape index (κ2) is 7.28. The van der Waals surface area contributed by atoms with Crippen LogP contribution in [0.15, 0.2) is 36.4 Å². The Hall–Kier alpha value is -1.57. The molecule has 1 aliphatic carbocycles. The first-order valence-corrected chi connectivity index (χ1v) is 7.73. The standard InChI is InChI=1S/C18H25NO/c1-3-4-13-19(18(20)17-10-11-17)14-12-15(2)16-8-6-5-7-9-16/h5-9,12,17H,3-4,10-11,13-14H2,1-2H3. The minimum Gasteiger partial charge on any atom is -0.339 e. The van der Waals surface area contributed by atoms with Crippen LogP contribution in [0.1, 0.15) is 45.1 Å². The highest BCUT2D eigenvalue weighted by atomic mass is 16.2. The first kappa shape index (κ1) is 14.8. The summed E-state index contributed by atoms with van der Waals surface area (Å²) in [7, 11) is 0. The molecule has 1 aromatic carbocycles. The molecule has 1 aromatic rings. The number of allylic oxidation sites excluding steroid dienone is 1. The molecule has 0 aromatic heterocycles. The summed E-state index contributed by atoms with van der Waals surface area (Å²) < 4.78 is 0. The van der Waals surface area contributed by atoms with E-state index in [1.807, 2.05) is 11.0 Å². The summed E-state index contributed by atoms with van der Waals surface area (Å²) >= 11 is 0. The van der Waals surface area contributed by atoms with Crippen molar-refractivity contribution in [2.24, 2.45) is 5.92 Å². The Morgan fingerprint density at radius 1 is 1.30 bits per heavy atom. The van der Waals surface area contributed by atoms with Crippen molar-refractivity contribution in [2.75, 3.05) is 13.1 Å². The van der Waals surface area contributed by atoms with Gasteiger partial charge >= 0.3 is 0 Å². The van der Waals surface area contributed by atoms with Gasteiger partial charge in [0.05, 0.1) is 0 Å². The van der Waals surface area contributed by atoms with Crippen molar-refractivity contribution >= 4 is 11.5 Å². The van der Waals surface area contributed by atoms with E-state index in [9.17, 15) is 4.79 Å². The molecule has 0 radical (unpaired) electrons. The van der Waals surface area contributed by atoms with Crippen LogP contribution in [-0.2, 0) is 4.79 Å². The maximum atomic E-state index is 12.3. The molecule has 0 bridgehead atoms. The number of carbonyl (C=O) groups is 1. The molecule has 1 saturated carbocycles. The van der Waals surface area contributed by atoms with Crippen LogP contribution < -0.4 is 0 Å². The molecule has 0 saturated heterocycles. The van der Waals surface area contributed by atoms with Crippen molar-refractivity contribution in [3.8, 4) is 0 Å². The molecular formula is C18H25NO. The molecule has 2 nitrogen and oxygen atoms in total. The third-order valence-corrected chi connectivity index (χ3v) is 3.87. The first-order chi connectivity index (χ1) is 9.72. The van der Waals surface area contributed by atoms with Crippen molar-refractivity contribution in [1.29, 1.82) is 0 Å². The van der Waals surface area contributed by atoms with Crippen molar-refractivity contribution in [3.05, 3.63) is 42.0 Å². The number of carbonyl (C=O) groups excluding carboxylic acids is 1. The lowest BCUT2D eigenvalue weighted by Crippen LogP contribution is -2.33. The molecule has 0 atom stereocenters. The third kappa shape index (κ3) is 4.22. The van der Waals surface area contributed by atoms with Crippen molar-refractivity contribution < 1.29 is 4.79 Å². The Morgan fingerprint density at radius 3 is 2.60 bits per heavy atom. The van der Waals surface area contributed by atoms with Crippen LogP contribution in [0.5, 0.6) is 0 Å². The van der Waals surface area contributed by atoms with Gasteiger partial charge in [0.15, 0.2) is 0 Å². The zero-order chi connectivity index (χ0) is 14.4. The number of unbranched alkanes of at least 4 members (excludes halogenated alkanes) is 1. The van der Waals surface area contributed by atoms with Crippen LogP contribution in [-0.4, -0.2) is 23.9 Å². The number of hydrogen-bond donors (Lipinski definition) is 0. The molecular weight excluding hydrogens is 246 g/mol. The molecule has 1 fully saturated rings. The van der Waals surface area contributed by atoms with E-state index >= 15 is 0 Å². The van der Waals surface area contributed by atoms with Gasteiger partial charge in [-0.25, -0.2) is 0 Å². The van der Waals surface area contributed by atoms with E-state index in [0.29, 0.717) is 11.8 Å². The Kier molecular flexibility index (Phi) is 5.40. The van der Waals surface area contributed by atoms with E-state index in [1.165, 1.54) is 11.1 Å². The molecule has 2 rings (SSSR count). The number of amides is 1. The van der Waals surface area contributed by atoms with Crippen LogP contribution >= 0.6 is 0 Å². The predicted molar refractivity (Wildman–Crippen MR) is 84.3 cm³/mol. The highest BCUT2D eigenvalue weighted by Crippen LogP contribution is 2.31. The van der Waals surface area contributed by atoms with Gasteiger partial charge in [-0.05, 0) is 37.3 Å². The maximum Gasteiger partial charge on any atom is 0.225 e. The molecule has 2 heteroatoms. The van der Waals surface area contributed by atoms with Crippen molar-refractivity contribution in [2.45, 2.75) is 39.5 Å². The molecule has 1 amide bonds. The van der Waals surface area contributed by atoms with E-state index in [4.69, 9.17) is 0 Å². The fourth-order valence-corrected chi connectivity index (χ4v) is 2.29. The van der Waals surface area contributed by atoms with Gasteiger partial charge in [-0.2, -0.15) is 0 Å². The summed E-state index contributed by atoms with van der Waals surface area (Å²) in [6, 6.07) is 10.4. The molecule has 0 unspecified atom stereocenters. The summed E-state index contributed by atoms with van der Waals surface area (Å²) in [5, 5.41) is 0. The number of nitrogens with zero attached hydrogens (tertiary/aromatic N) is 1. The maximum absolute atomic E-state index is 12.3.